The molecule has 0 heterocycles. The van der Waals surface area contributed by atoms with Gasteiger partial charge in [0.05, 0.1) is 13.2 Å². The Balaban J connectivity index is 3.29. The summed E-state index contributed by atoms with van der Waals surface area (Å²) in [7, 11) is 1.63. The maximum atomic E-state index is 8.33. The number of hydrogen-bond donors (Lipinski definition) is 1. The lowest BCUT2D eigenvalue weighted by Crippen LogP contribution is -1.90. The SMILES string of the molecule is COCC(C)=CCO. The van der Waals surface area contributed by atoms with E-state index >= 15 is 0 Å². The van der Waals surface area contributed by atoms with Crippen LogP contribution in [0.3, 0.4) is 0 Å². The van der Waals surface area contributed by atoms with E-state index in [1.54, 1.807) is 13.2 Å². The Morgan fingerprint density at radius 3 is 2.75 bits per heavy atom. The summed E-state index contributed by atoms with van der Waals surface area (Å²) in [4.78, 5) is 0. The van der Waals surface area contributed by atoms with Crippen molar-refractivity contribution in [1.29, 1.82) is 0 Å². The van der Waals surface area contributed by atoms with Gasteiger partial charge in [0, 0.05) is 7.11 Å². The maximum Gasteiger partial charge on any atom is 0.0671 e. The second kappa shape index (κ2) is 4.81. The summed E-state index contributed by atoms with van der Waals surface area (Å²) >= 11 is 0. The third-order valence-corrected chi connectivity index (χ3v) is 0.812. The maximum absolute atomic E-state index is 8.33. The first-order valence-electron chi connectivity index (χ1n) is 2.56. The predicted octanol–water partition coefficient (Wildman–Crippen LogP) is 0.571. The Labute approximate surface area is 49.8 Å². The van der Waals surface area contributed by atoms with Gasteiger partial charge in [-0.2, -0.15) is 0 Å². The van der Waals surface area contributed by atoms with Crippen molar-refractivity contribution < 1.29 is 9.84 Å². The van der Waals surface area contributed by atoms with E-state index in [-0.39, 0.29) is 6.61 Å². The van der Waals surface area contributed by atoms with Crippen molar-refractivity contribution in [2.24, 2.45) is 0 Å². The molecule has 0 unspecified atom stereocenters. The Hall–Kier alpha value is -0.340. The molecule has 48 valence electrons. The number of ether oxygens (including phenoxy) is 1. The highest BCUT2D eigenvalue weighted by Gasteiger charge is 1.82. The van der Waals surface area contributed by atoms with Gasteiger partial charge in [-0.05, 0) is 12.5 Å². The van der Waals surface area contributed by atoms with Crippen LogP contribution in [0.1, 0.15) is 6.92 Å². The van der Waals surface area contributed by atoms with E-state index in [9.17, 15) is 0 Å². The fourth-order valence-corrected chi connectivity index (χ4v) is 0.442. The lowest BCUT2D eigenvalue weighted by molar-refractivity contribution is 0.224. The smallest absolute Gasteiger partial charge is 0.0671 e. The molecule has 0 saturated heterocycles. The summed E-state index contributed by atoms with van der Waals surface area (Å²) in [6, 6.07) is 0. The fraction of sp³-hybridized carbons (Fsp3) is 0.667. The van der Waals surface area contributed by atoms with Gasteiger partial charge in [-0.25, -0.2) is 0 Å². The standard InChI is InChI=1S/C6H12O2/c1-6(3-4-7)5-8-2/h3,7H,4-5H2,1-2H3. The average Bonchev–Trinajstić information content (AvgIpc) is 1.68. The predicted molar refractivity (Wildman–Crippen MR) is 32.7 cm³/mol. The van der Waals surface area contributed by atoms with Crippen molar-refractivity contribution in [3.05, 3.63) is 11.6 Å². The number of aliphatic hydroxyl groups excluding tert-OH is 1. The molecule has 0 aromatic carbocycles. The Morgan fingerprint density at radius 2 is 2.38 bits per heavy atom. The Kier molecular flexibility index (Phi) is 4.61. The minimum absolute atomic E-state index is 0.106. The van der Waals surface area contributed by atoms with Gasteiger partial charge in [0.25, 0.3) is 0 Å². The third-order valence-electron chi connectivity index (χ3n) is 0.812. The van der Waals surface area contributed by atoms with Gasteiger partial charge in [0.1, 0.15) is 0 Å². The van der Waals surface area contributed by atoms with Crippen LogP contribution < -0.4 is 0 Å². The highest BCUT2D eigenvalue weighted by Crippen LogP contribution is 1.89. The topological polar surface area (TPSA) is 29.5 Å². The van der Waals surface area contributed by atoms with Crippen LogP contribution in [0.25, 0.3) is 0 Å². The number of aliphatic hydroxyl groups is 1. The molecule has 0 saturated carbocycles. The first kappa shape index (κ1) is 7.66. The highest BCUT2D eigenvalue weighted by atomic mass is 16.5. The van der Waals surface area contributed by atoms with Crippen LogP contribution in [-0.4, -0.2) is 25.4 Å². The number of rotatable bonds is 3. The number of hydrogen-bond acceptors (Lipinski definition) is 2. The molecule has 0 amide bonds. The van der Waals surface area contributed by atoms with Crippen molar-refractivity contribution in [3.8, 4) is 0 Å². The van der Waals surface area contributed by atoms with E-state index in [0.29, 0.717) is 6.61 Å². The molecule has 2 nitrogen and oxygen atoms in total. The quantitative estimate of drug-likeness (QED) is 0.546. The molecule has 8 heavy (non-hydrogen) atoms. The monoisotopic (exact) mass is 116 g/mol. The van der Waals surface area contributed by atoms with Gasteiger partial charge >= 0.3 is 0 Å². The van der Waals surface area contributed by atoms with Crippen LogP contribution in [0.15, 0.2) is 11.6 Å². The van der Waals surface area contributed by atoms with Crippen molar-refractivity contribution >= 4 is 0 Å². The van der Waals surface area contributed by atoms with E-state index in [0.717, 1.165) is 5.57 Å². The van der Waals surface area contributed by atoms with Gasteiger partial charge in [0.15, 0.2) is 0 Å². The van der Waals surface area contributed by atoms with Crippen LogP contribution in [-0.2, 0) is 4.74 Å². The Bertz CT molecular complexity index is 76.6. The first-order chi connectivity index (χ1) is 3.81. The zero-order valence-corrected chi connectivity index (χ0v) is 5.35. The van der Waals surface area contributed by atoms with Crippen LogP contribution in [0.2, 0.25) is 0 Å². The first-order valence-corrected chi connectivity index (χ1v) is 2.56. The van der Waals surface area contributed by atoms with E-state index in [1.807, 2.05) is 6.92 Å². The molecule has 2 heteroatoms. The molecule has 0 aliphatic carbocycles. The molecule has 0 rings (SSSR count). The zero-order valence-electron chi connectivity index (χ0n) is 5.35. The number of methoxy groups -OCH3 is 1. The van der Waals surface area contributed by atoms with Crippen LogP contribution in [0, 0.1) is 0 Å². The normalized spacial score (nSPS) is 12.1. The molecule has 0 bridgehead atoms. The molecule has 0 aromatic rings. The van der Waals surface area contributed by atoms with Gasteiger partial charge < -0.3 is 9.84 Å². The molecule has 0 fully saturated rings. The van der Waals surface area contributed by atoms with E-state index in [4.69, 9.17) is 9.84 Å². The van der Waals surface area contributed by atoms with Gasteiger partial charge in [-0.1, -0.05) is 6.08 Å². The molecular weight excluding hydrogens is 104 g/mol. The molecule has 0 aromatic heterocycles. The third kappa shape index (κ3) is 3.84. The molecule has 0 radical (unpaired) electrons. The van der Waals surface area contributed by atoms with E-state index in [2.05, 4.69) is 0 Å². The van der Waals surface area contributed by atoms with Crippen molar-refractivity contribution in [3.63, 3.8) is 0 Å². The second-order valence-electron chi connectivity index (χ2n) is 1.67. The van der Waals surface area contributed by atoms with Crippen molar-refractivity contribution in [1.82, 2.24) is 0 Å². The van der Waals surface area contributed by atoms with Gasteiger partial charge in [-0.15, -0.1) is 0 Å². The summed E-state index contributed by atoms with van der Waals surface area (Å²) in [5.41, 5.74) is 1.06. The summed E-state index contributed by atoms with van der Waals surface area (Å²) in [6.07, 6.45) is 1.73. The Morgan fingerprint density at radius 1 is 1.75 bits per heavy atom. The fourth-order valence-electron chi connectivity index (χ4n) is 0.442. The molecule has 0 aliphatic rings. The molecule has 0 aliphatic heterocycles. The van der Waals surface area contributed by atoms with Crippen molar-refractivity contribution in [2.45, 2.75) is 6.92 Å². The summed E-state index contributed by atoms with van der Waals surface area (Å²) in [6.45, 7) is 2.63. The summed E-state index contributed by atoms with van der Waals surface area (Å²) < 4.78 is 4.78. The molecule has 0 spiro atoms. The minimum Gasteiger partial charge on any atom is -0.392 e. The minimum atomic E-state index is 0.106. The van der Waals surface area contributed by atoms with Gasteiger partial charge in [0.2, 0.25) is 0 Å². The van der Waals surface area contributed by atoms with Gasteiger partial charge in [-0.3, -0.25) is 0 Å². The average molecular weight is 116 g/mol. The van der Waals surface area contributed by atoms with Crippen LogP contribution in [0.4, 0.5) is 0 Å². The highest BCUT2D eigenvalue weighted by molar-refractivity contribution is 4.97. The van der Waals surface area contributed by atoms with Crippen molar-refractivity contribution in [2.75, 3.05) is 20.3 Å². The van der Waals surface area contributed by atoms with Crippen LogP contribution in [0.5, 0.6) is 0 Å². The molecule has 0 atom stereocenters. The molecule has 1 N–H and O–H groups in total. The lowest BCUT2D eigenvalue weighted by Gasteiger charge is -1.94. The largest absolute Gasteiger partial charge is 0.392 e. The lowest BCUT2D eigenvalue weighted by atomic mass is 10.3. The van der Waals surface area contributed by atoms with E-state index < -0.39 is 0 Å². The zero-order chi connectivity index (χ0) is 6.41. The van der Waals surface area contributed by atoms with E-state index in [1.165, 1.54) is 0 Å². The second-order valence-corrected chi connectivity index (χ2v) is 1.67. The molecular formula is C6H12O2. The van der Waals surface area contributed by atoms with Crippen LogP contribution >= 0.6 is 0 Å². The summed E-state index contributed by atoms with van der Waals surface area (Å²) in [5.74, 6) is 0. The summed E-state index contributed by atoms with van der Waals surface area (Å²) in [5, 5.41) is 8.33.